The van der Waals surface area contributed by atoms with Gasteiger partial charge in [-0.25, -0.2) is 4.39 Å². The third kappa shape index (κ3) is 2.39. The van der Waals surface area contributed by atoms with Crippen molar-refractivity contribution in [2.75, 3.05) is 14.2 Å². The van der Waals surface area contributed by atoms with Gasteiger partial charge in [0.25, 0.3) is 0 Å². The second-order valence-corrected chi connectivity index (χ2v) is 4.13. The highest BCUT2D eigenvalue weighted by Gasteiger charge is 2.21. The van der Waals surface area contributed by atoms with Crippen molar-refractivity contribution in [2.45, 2.75) is 13.3 Å². The molecule has 1 aromatic heterocycles. The molecule has 1 heterocycles. The molecule has 4 nitrogen and oxygen atoms in total. The fourth-order valence-electron chi connectivity index (χ4n) is 1.99. The van der Waals surface area contributed by atoms with Gasteiger partial charge >= 0.3 is 0 Å². The maximum absolute atomic E-state index is 14.0. The molecule has 106 valence electrons. The number of hydrogen-bond acceptors (Lipinski definition) is 4. The van der Waals surface area contributed by atoms with Crippen LogP contribution < -0.4 is 9.47 Å². The van der Waals surface area contributed by atoms with Crippen LogP contribution in [0.2, 0.25) is 0 Å². The van der Waals surface area contributed by atoms with Crippen molar-refractivity contribution >= 4 is 5.78 Å². The van der Waals surface area contributed by atoms with E-state index in [0.29, 0.717) is 23.5 Å². The lowest BCUT2D eigenvalue weighted by atomic mass is 10.0. The molecule has 0 atom stereocenters. The van der Waals surface area contributed by atoms with E-state index in [0.717, 1.165) is 6.07 Å². The summed E-state index contributed by atoms with van der Waals surface area (Å²) in [5.41, 5.74) is 0.289. The summed E-state index contributed by atoms with van der Waals surface area (Å²) in [5.74, 6) is -0.0163. The molecule has 0 unspecified atom stereocenters. The summed E-state index contributed by atoms with van der Waals surface area (Å²) in [7, 11) is 2.84. The van der Waals surface area contributed by atoms with Crippen LogP contribution in [0.15, 0.2) is 28.9 Å². The number of methoxy groups -OCH3 is 2. The van der Waals surface area contributed by atoms with Crippen LogP contribution in [0, 0.1) is 5.82 Å². The van der Waals surface area contributed by atoms with E-state index < -0.39 is 11.6 Å². The molecule has 0 saturated carbocycles. The molecule has 0 N–H and O–H groups in total. The highest BCUT2D eigenvalue weighted by atomic mass is 19.1. The second kappa shape index (κ2) is 5.77. The van der Waals surface area contributed by atoms with Crippen molar-refractivity contribution in [1.82, 2.24) is 0 Å². The quantitative estimate of drug-likeness (QED) is 0.788. The van der Waals surface area contributed by atoms with Gasteiger partial charge in [-0.2, -0.15) is 0 Å². The summed E-state index contributed by atoms with van der Waals surface area (Å²) in [5, 5.41) is 0. The van der Waals surface area contributed by atoms with Crippen molar-refractivity contribution in [3.8, 4) is 11.5 Å². The number of carbonyl (C=O) groups is 1. The monoisotopic (exact) mass is 278 g/mol. The highest BCUT2D eigenvalue weighted by Crippen LogP contribution is 2.31. The first-order chi connectivity index (χ1) is 9.62. The van der Waals surface area contributed by atoms with Crippen LogP contribution in [0.1, 0.15) is 28.6 Å². The van der Waals surface area contributed by atoms with Gasteiger partial charge in [0.1, 0.15) is 11.6 Å². The molecule has 0 spiro atoms. The van der Waals surface area contributed by atoms with Gasteiger partial charge in [-0.1, -0.05) is 6.92 Å². The summed E-state index contributed by atoms with van der Waals surface area (Å²) >= 11 is 0. The van der Waals surface area contributed by atoms with Crippen LogP contribution in [0.3, 0.4) is 0 Å². The molecule has 0 saturated heterocycles. The number of aryl methyl sites for hydroxylation is 1. The van der Waals surface area contributed by atoms with Crippen LogP contribution in [0.5, 0.6) is 11.5 Å². The Bertz CT molecular complexity index is 631. The summed E-state index contributed by atoms with van der Waals surface area (Å²) in [6.45, 7) is 1.86. The number of hydrogen-bond donors (Lipinski definition) is 0. The Hall–Kier alpha value is -2.30. The normalized spacial score (nSPS) is 10.4. The fraction of sp³-hybridized carbons (Fsp3) is 0.267. The van der Waals surface area contributed by atoms with E-state index in [4.69, 9.17) is 13.9 Å². The lowest BCUT2D eigenvalue weighted by Gasteiger charge is -2.10. The third-order valence-corrected chi connectivity index (χ3v) is 3.03. The lowest BCUT2D eigenvalue weighted by molar-refractivity contribution is 0.103. The number of furan rings is 1. The molecule has 0 aliphatic heterocycles. The predicted molar refractivity (Wildman–Crippen MR) is 71.0 cm³/mol. The Balaban J connectivity index is 2.50. The van der Waals surface area contributed by atoms with E-state index in [1.807, 2.05) is 6.92 Å². The smallest absolute Gasteiger partial charge is 0.199 e. The van der Waals surface area contributed by atoms with E-state index in [-0.39, 0.29) is 11.3 Å². The van der Waals surface area contributed by atoms with Crippen LogP contribution in [0.4, 0.5) is 4.39 Å². The summed E-state index contributed by atoms with van der Waals surface area (Å²) < 4.78 is 29.3. The van der Waals surface area contributed by atoms with E-state index in [9.17, 15) is 9.18 Å². The summed E-state index contributed by atoms with van der Waals surface area (Å²) in [6, 6.07) is 4.01. The molecule has 1 aromatic carbocycles. The number of halogens is 1. The number of ether oxygens (including phenoxy) is 2. The maximum Gasteiger partial charge on any atom is 0.199 e. The van der Waals surface area contributed by atoms with Crippen molar-refractivity contribution in [2.24, 2.45) is 0 Å². The molecule has 0 radical (unpaired) electrons. The zero-order chi connectivity index (χ0) is 14.7. The average Bonchev–Trinajstić information content (AvgIpc) is 2.94. The Labute approximate surface area is 116 Å². The van der Waals surface area contributed by atoms with Gasteiger partial charge in [0, 0.05) is 12.5 Å². The Kier molecular flexibility index (Phi) is 4.08. The Morgan fingerprint density at radius 3 is 2.45 bits per heavy atom. The van der Waals surface area contributed by atoms with E-state index >= 15 is 0 Å². The lowest BCUT2D eigenvalue weighted by Crippen LogP contribution is -2.07. The van der Waals surface area contributed by atoms with Gasteiger partial charge in [-0.3, -0.25) is 4.79 Å². The maximum atomic E-state index is 14.0. The van der Waals surface area contributed by atoms with Crippen LogP contribution in [-0.4, -0.2) is 20.0 Å². The molecule has 2 aromatic rings. The minimum atomic E-state index is -0.657. The van der Waals surface area contributed by atoms with Crippen molar-refractivity contribution in [1.29, 1.82) is 0 Å². The molecule has 2 rings (SSSR count). The van der Waals surface area contributed by atoms with Crippen molar-refractivity contribution in [3.05, 3.63) is 47.2 Å². The first-order valence-electron chi connectivity index (χ1n) is 6.15. The number of benzene rings is 1. The van der Waals surface area contributed by atoms with Gasteiger partial charge < -0.3 is 13.9 Å². The molecule has 20 heavy (non-hydrogen) atoms. The van der Waals surface area contributed by atoms with Gasteiger partial charge in [0.05, 0.1) is 31.6 Å². The second-order valence-electron chi connectivity index (χ2n) is 4.13. The first-order valence-corrected chi connectivity index (χ1v) is 6.15. The first kappa shape index (κ1) is 14.1. The molecule has 0 fully saturated rings. The molecule has 5 heteroatoms. The van der Waals surface area contributed by atoms with Gasteiger partial charge in [-0.05, 0) is 12.1 Å². The van der Waals surface area contributed by atoms with Crippen LogP contribution >= 0.6 is 0 Å². The number of carbonyl (C=O) groups excluding carboxylic acids is 1. The molecule has 0 bridgehead atoms. The zero-order valence-corrected chi connectivity index (χ0v) is 11.5. The van der Waals surface area contributed by atoms with Gasteiger partial charge in [-0.15, -0.1) is 0 Å². The van der Waals surface area contributed by atoms with E-state index in [2.05, 4.69) is 0 Å². The largest absolute Gasteiger partial charge is 0.493 e. The standard InChI is InChI=1S/C15H15FO4/c1-4-12-9(5-6-20-12)15(17)10-7-13(18-2)14(19-3)8-11(10)16/h5-8H,4H2,1-3H3. The van der Waals surface area contributed by atoms with Crippen molar-refractivity contribution in [3.63, 3.8) is 0 Å². The summed E-state index contributed by atoms with van der Waals surface area (Å²) in [6.07, 6.45) is 1.98. The highest BCUT2D eigenvalue weighted by molar-refractivity contribution is 6.10. The SMILES string of the molecule is CCc1occc1C(=O)c1cc(OC)c(OC)cc1F. The number of ketones is 1. The summed E-state index contributed by atoms with van der Waals surface area (Å²) in [4.78, 5) is 12.4. The van der Waals surface area contributed by atoms with Crippen LogP contribution in [-0.2, 0) is 6.42 Å². The van der Waals surface area contributed by atoms with Gasteiger partial charge in [0.2, 0.25) is 0 Å². The van der Waals surface area contributed by atoms with Crippen LogP contribution in [0.25, 0.3) is 0 Å². The van der Waals surface area contributed by atoms with E-state index in [1.165, 1.54) is 32.6 Å². The molecule has 0 amide bonds. The predicted octanol–water partition coefficient (Wildman–Crippen LogP) is 3.23. The van der Waals surface area contributed by atoms with Gasteiger partial charge in [0.15, 0.2) is 17.3 Å². The van der Waals surface area contributed by atoms with E-state index in [1.54, 1.807) is 0 Å². The Morgan fingerprint density at radius 2 is 1.85 bits per heavy atom. The third-order valence-electron chi connectivity index (χ3n) is 3.03. The molecule has 0 aliphatic rings. The zero-order valence-electron chi connectivity index (χ0n) is 11.5. The molecule has 0 aliphatic carbocycles. The minimum Gasteiger partial charge on any atom is -0.493 e. The topological polar surface area (TPSA) is 48.7 Å². The molecular formula is C15H15FO4. The fourth-order valence-corrected chi connectivity index (χ4v) is 1.99. The Morgan fingerprint density at radius 1 is 1.20 bits per heavy atom. The molecular weight excluding hydrogens is 263 g/mol. The van der Waals surface area contributed by atoms with Crippen molar-refractivity contribution < 1.29 is 23.1 Å². The average molecular weight is 278 g/mol. The minimum absolute atomic E-state index is 0.0706. The number of rotatable bonds is 5.